The number of aromatic amines is 1. The number of imidazole rings is 1. The maximum Gasteiger partial charge on any atom is 0.240 e. The van der Waals surface area contributed by atoms with Gasteiger partial charge >= 0.3 is 0 Å². The molecule has 0 spiro atoms. The molecule has 110 valence electrons. The van der Waals surface area contributed by atoms with Gasteiger partial charge in [0.05, 0.1) is 16.7 Å². The first kappa shape index (κ1) is 13.1. The van der Waals surface area contributed by atoms with Crippen LogP contribution in [-0.2, 0) is 4.79 Å². The molecule has 0 bridgehead atoms. The van der Waals surface area contributed by atoms with Crippen molar-refractivity contribution < 1.29 is 4.79 Å². The van der Waals surface area contributed by atoms with Crippen LogP contribution in [0.15, 0.2) is 28.7 Å². The molecule has 3 aromatic rings. The van der Waals surface area contributed by atoms with Crippen molar-refractivity contribution in [3.63, 3.8) is 0 Å². The minimum Gasteiger partial charge on any atom is -0.337 e. The third-order valence-electron chi connectivity index (χ3n) is 3.64. The molecule has 1 unspecified atom stereocenters. The van der Waals surface area contributed by atoms with Gasteiger partial charge in [0.2, 0.25) is 5.91 Å². The Kier molecular flexibility index (Phi) is 2.97. The summed E-state index contributed by atoms with van der Waals surface area (Å²) in [4.78, 5) is 19.1. The molecule has 2 aromatic heterocycles. The molecule has 1 aliphatic rings. The van der Waals surface area contributed by atoms with Crippen LogP contribution in [0.5, 0.6) is 0 Å². The van der Waals surface area contributed by atoms with Crippen LogP contribution in [0, 0.1) is 5.92 Å². The first-order chi connectivity index (χ1) is 10.7. The van der Waals surface area contributed by atoms with Gasteiger partial charge in [0.25, 0.3) is 0 Å². The summed E-state index contributed by atoms with van der Waals surface area (Å²) in [5.74, 6) is 0.746. The summed E-state index contributed by atoms with van der Waals surface area (Å²) in [5, 5.41) is 10.1. The Morgan fingerprint density at radius 1 is 1.36 bits per heavy atom. The van der Waals surface area contributed by atoms with Crippen molar-refractivity contribution in [3.05, 3.63) is 29.1 Å². The monoisotopic (exact) mass is 312 g/mol. The number of nitrogens with one attached hydrogen (secondary N) is 2. The highest BCUT2D eigenvalue weighted by Gasteiger charge is 2.22. The van der Waals surface area contributed by atoms with Crippen molar-refractivity contribution in [1.29, 1.82) is 0 Å². The molecule has 1 aromatic carbocycles. The molecule has 1 aliphatic heterocycles. The summed E-state index contributed by atoms with van der Waals surface area (Å²) in [6.07, 6.45) is 0.452. The van der Waals surface area contributed by atoms with E-state index >= 15 is 0 Å². The first-order valence-electron chi connectivity index (χ1n) is 6.84. The lowest BCUT2D eigenvalue weighted by Crippen LogP contribution is -2.31. The number of H-pyrrole nitrogens is 1. The van der Waals surface area contributed by atoms with Crippen molar-refractivity contribution >= 4 is 34.2 Å². The van der Waals surface area contributed by atoms with Gasteiger partial charge < -0.3 is 4.98 Å². The largest absolute Gasteiger partial charge is 0.337 e. The zero-order valence-electron chi connectivity index (χ0n) is 11.7. The number of aromatic nitrogens is 4. The number of fused-ring (bicyclic) bond motifs is 1. The van der Waals surface area contributed by atoms with E-state index in [4.69, 9.17) is 0 Å². The third-order valence-corrected chi connectivity index (χ3v) is 4.15. The number of amides is 1. The van der Waals surface area contributed by atoms with Gasteiger partial charge in [-0.05, 0) is 23.7 Å². The van der Waals surface area contributed by atoms with E-state index in [2.05, 4.69) is 30.1 Å². The third kappa shape index (κ3) is 2.17. The molecule has 0 saturated carbocycles. The summed E-state index contributed by atoms with van der Waals surface area (Å²) in [6, 6.07) is 5.92. The maximum absolute atomic E-state index is 11.4. The summed E-state index contributed by atoms with van der Waals surface area (Å²) >= 11 is 1.29. The highest BCUT2D eigenvalue weighted by Crippen LogP contribution is 2.23. The maximum atomic E-state index is 11.4. The Balaban J connectivity index is 1.76. The molecular formula is C14H12N6OS. The second-order valence-electron chi connectivity index (χ2n) is 5.24. The quantitative estimate of drug-likeness (QED) is 0.756. The summed E-state index contributed by atoms with van der Waals surface area (Å²) < 4.78 is 3.85. The van der Waals surface area contributed by atoms with E-state index < -0.39 is 0 Å². The molecule has 0 fully saturated rings. The van der Waals surface area contributed by atoms with Crippen LogP contribution in [0.25, 0.3) is 22.6 Å². The highest BCUT2D eigenvalue weighted by molar-refractivity contribution is 7.03. The van der Waals surface area contributed by atoms with E-state index in [1.54, 1.807) is 0 Å². The number of hydrogen-bond donors (Lipinski definition) is 2. The first-order valence-corrected chi connectivity index (χ1v) is 7.68. The van der Waals surface area contributed by atoms with Crippen LogP contribution in [0.1, 0.15) is 18.9 Å². The van der Waals surface area contributed by atoms with Crippen LogP contribution in [-0.4, -0.2) is 31.2 Å². The van der Waals surface area contributed by atoms with Crippen molar-refractivity contribution in [2.24, 2.45) is 11.0 Å². The molecule has 0 saturated heterocycles. The van der Waals surface area contributed by atoms with Crippen LogP contribution >= 0.6 is 11.5 Å². The fourth-order valence-electron chi connectivity index (χ4n) is 2.56. The minimum atomic E-state index is -0.0459. The molecule has 8 heteroatoms. The highest BCUT2D eigenvalue weighted by atomic mass is 32.1. The standard InChI is InChI=1S/C14H12N6OS/c1-7-4-12(21)18-19-13(7)8-2-3-9-10(5-8)16-14(15-9)11-6-22-20-17-11/h2-3,5-7H,4H2,1H3,(H,15,16)(H,18,21). The van der Waals surface area contributed by atoms with Gasteiger partial charge in [-0.3, -0.25) is 4.79 Å². The Morgan fingerprint density at radius 2 is 2.27 bits per heavy atom. The topological polar surface area (TPSA) is 95.9 Å². The molecule has 0 radical (unpaired) electrons. The number of benzene rings is 1. The fourth-order valence-corrected chi connectivity index (χ4v) is 3.00. The average molecular weight is 312 g/mol. The molecule has 4 rings (SSSR count). The lowest BCUT2D eigenvalue weighted by molar-refractivity contribution is -0.121. The molecule has 3 heterocycles. The smallest absolute Gasteiger partial charge is 0.240 e. The van der Waals surface area contributed by atoms with Crippen molar-refractivity contribution in [2.45, 2.75) is 13.3 Å². The summed E-state index contributed by atoms with van der Waals surface area (Å²) in [5.41, 5.74) is 6.89. The number of carbonyl (C=O) groups is 1. The van der Waals surface area contributed by atoms with E-state index in [-0.39, 0.29) is 11.8 Å². The number of carbonyl (C=O) groups excluding carboxylic acids is 1. The Bertz CT molecular complexity index is 882. The Labute approximate surface area is 129 Å². The normalized spacial score (nSPS) is 18.3. The number of rotatable bonds is 2. The summed E-state index contributed by atoms with van der Waals surface area (Å²) in [7, 11) is 0. The lowest BCUT2D eigenvalue weighted by atomic mass is 9.94. The Hall–Kier alpha value is -2.61. The fraction of sp³-hybridized carbons (Fsp3) is 0.214. The van der Waals surface area contributed by atoms with Gasteiger partial charge in [-0.2, -0.15) is 5.10 Å². The SMILES string of the molecule is CC1CC(=O)NN=C1c1ccc2[nH]c(-c3csnn3)nc2c1. The predicted molar refractivity (Wildman–Crippen MR) is 83.5 cm³/mol. The van der Waals surface area contributed by atoms with E-state index in [0.717, 1.165) is 28.0 Å². The lowest BCUT2D eigenvalue weighted by Gasteiger charge is -2.18. The van der Waals surface area contributed by atoms with Gasteiger partial charge in [0, 0.05) is 23.3 Å². The number of hydrazone groups is 1. The second kappa shape index (κ2) is 4.99. The zero-order chi connectivity index (χ0) is 15.1. The van der Waals surface area contributed by atoms with Crippen LogP contribution < -0.4 is 5.43 Å². The second-order valence-corrected chi connectivity index (χ2v) is 5.85. The number of hydrogen-bond acceptors (Lipinski definition) is 6. The van der Waals surface area contributed by atoms with Gasteiger partial charge in [0.1, 0.15) is 5.69 Å². The van der Waals surface area contributed by atoms with E-state index in [0.29, 0.717) is 12.2 Å². The molecule has 1 amide bonds. The van der Waals surface area contributed by atoms with E-state index in [1.165, 1.54) is 11.5 Å². The van der Waals surface area contributed by atoms with Gasteiger partial charge in [-0.15, -0.1) is 5.10 Å². The molecule has 0 aliphatic carbocycles. The molecule has 22 heavy (non-hydrogen) atoms. The number of nitrogens with zero attached hydrogens (tertiary/aromatic N) is 4. The van der Waals surface area contributed by atoms with Crippen LogP contribution in [0.2, 0.25) is 0 Å². The predicted octanol–water partition coefficient (Wildman–Crippen LogP) is 1.94. The summed E-state index contributed by atoms with van der Waals surface area (Å²) in [6.45, 7) is 2.00. The molecular weight excluding hydrogens is 300 g/mol. The van der Waals surface area contributed by atoms with Crippen molar-refractivity contribution in [1.82, 2.24) is 25.0 Å². The van der Waals surface area contributed by atoms with Crippen molar-refractivity contribution in [3.8, 4) is 11.5 Å². The Morgan fingerprint density at radius 3 is 3.05 bits per heavy atom. The van der Waals surface area contributed by atoms with Crippen LogP contribution in [0.4, 0.5) is 0 Å². The van der Waals surface area contributed by atoms with E-state index in [9.17, 15) is 4.79 Å². The van der Waals surface area contributed by atoms with Crippen LogP contribution in [0.3, 0.4) is 0 Å². The molecule has 2 N–H and O–H groups in total. The molecule has 1 atom stereocenters. The zero-order valence-corrected chi connectivity index (χ0v) is 12.5. The van der Waals surface area contributed by atoms with Gasteiger partial charge in [0.15, 0.2) is 5.82 Å². The van der Waals surface area contributed by atoms with Crippen molar-refractivity contribution in [2.75, 3.05) is 0 Å². The average Bonchev–Trinajstić information content (AvgIpc) is 3.15. The van der Waals surface area contributed by atoms with Gasteiger partial charge in [-0.1, -0.05) is 17.5 Å². The van der Waals surface area contributed by atoms with E-state index in [1.807, 2.05) is 30.5 Å². The molecule has 7 nitrogen and oxygen atoms in total. The minimum absolute atomic E-state index is 0.0459. The van der Waals surface area contributed by atoms with Gasteiger partial charge in [-0.25, -0.2) is 10.4 Å².